The van der Waals surface area contributed by atoms with Crippen LogP contribution in [0.15, 0.2) is 54.6 Å². The summed E-state index contributed by atoms with van der Waals surface area (Å²) in [7, 11) is -2.70. The number of benzene rings is 2. The molecule has 1 aliphatic carbocycles. The minimum Gasteiger partial charge on any atom is -1.00 e. The van der Waals surface area contributed by atoms with Gasteiger partial charge in [0.15, 0.2) is 0 Å². The summed E-state index contributed by atoms with van der Waals surface area (Å²) < 4.78 is 0. The van der Waals surface area contributed by atoms with E-state index in [2.05, 4.69) is 93.9 Å². The van der Waals surface area contributed by atoms with Crippen molar-refractivity contribution in [2.24, 2.45) is 0 Å². The molecule has 0 atom stereocenters. The van der Waals surface area contributed by atoms with E-state index in [0.717, 1.165) is 6.42 Å². The van der Waals surface area contributed by atoms with Gasteiger partial charge in [0, 0.05) is 0 Å². The summed E-state index contributed by atoms with van der Waals surface area (Å²) in [5.41, 5.74) is 2.92. The van der Waals surface area contributed by atoms with E-state index in [9.17, 15) is 0 Å². The third-order valence-corrected chi connectivity index (χ3v) is 9.74. The van der Waals surface area contributed by atoms with E-state index in [1.54, 1.807) is 10.4 Å². The van der Waals surface area contributed by atoms with Crippen molar-refractivity contribution in [3.05, 3.63) is 60.2 Å². The first-order valence-corrected chi connectivity index (χ1v) is 16.7. The molecule has 4 rings (SSSR count). The Morgan fingerprint density at radius 1 is 0.793 bits per heavy atom. The second-order valence-corrected chi connectivity index (χ2v) is 19.9. The zero-order valence-corrected chi connectivity index (χ0v) is 24.1. The van der Waals surface area contributed by atoms with Crippen LogP contribution in [-0.2, 0) is 26.2 Å². The van der Waals surface area contributed by atoms with Crippen molar-refractivity contribution < 1.29 is 51.0 Å². The van der Waals surface area contributed by atoms with Gasteiger partial charge >= 0.3 is 26.2 Å². The Labute approximate surface area is 209 Å². The van der Waals surface area contributed by atoms with Crippen molar-refractivity contribution in [3.63, 3.8) is 0 Å². The largest absolute Gasteiger partial charge is 3.00 e. The van der Waals surface area contributed by atoms with E-state index in [-0.39, 0.29) is 51.0 Å². The second-order valence-electron chi connectivity index (χ2n) is 9.76. The summed E-state index contributed by atoms with van der Waals surface area (Å²) in [4.78, 5) is 0. The smallest absolute Gasteiger partial charge is 1.00 e. The van der Waals surface area contributed by atoms with Gasteiger partial charge in [0.1, 0.15) is 0 Å². The molecule has 29 heavy (non-hydrogen) atoms. The molecule has 0 saturated heterocycles. The number of hydrogen-bond donors (Lipinski definition) is 0. The summed E-state index contributed by atoms with van der Waals surface area (Å²) in [5, 5.41) is 8.86. The number of halogens is 2. The maximum atomic E-state index is 2.50. The van der Waals surface area contributed by atoms with Crippen LogP contribution in [0.3, 0.4) is 0 Å². The van der Waals surface area contributed by atoms with Crippen LogP contribution in [0.5, 0.6) is 0 Å². The summed E-state index contributed by atoms with van der Waals surface area (Å²) in [6.45, 7) is 14.7. The van der Waals surface area contributed by atoms with Gasteiger partial charge in [-0.25, -0.2) is 0 Å². The van der Waals surface area contributed by atoms with Crippen LogP contribution in [0.2, 0.25) is 39.3 Å². The number of allylic oxidation sites excluding steroid dienone is 4. The van der Waals surface area contributed by atoms with Crippen LogP contribution >= 0.6 is 0 Å². The Hall–Kier alpha value is -0.313. The fourth-order valence-electron chi connectivity index (χ4n) is 3.91. The van der Waals surface area contributed by atoms with Gasteiger partial charge in [-0.05, 0) is 6.42 Å². The molecule has 0 nitrogen and oxygen atoms in total. The zero-order valence-electron chi connectivity index (χ0n) is 18.2. The number of fused-ring (bicyclic) bond motifs is 3. The molecule has 0 aliphatic heterocycles. The van der Waals surface area contributed by atoms with Crippen LogP contribution in [0.4, 0.5) is 0 Å². The minimum absolute atomic E-state index is 0. The third kappa shape index (κ3) is 5.13. The molecule has 0 unspecified atom stereocenters. The van der Waals surface area contributed by atoms with Crippen molar-refractivity contribution in [3.8, 4) is 0 Å². The van der Waals surface area contributed by atoms with Gasteiger partial charge in [-0.3, -0.25) is 0 Å². The fraction of sp³-hybridized carbons (Fsp3) is 0.292. The van der Waals surface area contributed by atoms with Gasteiger partial charge in [0.2, 0.25) is 0 Å². The molecule has 3 aromatic rings. The number of rotatable bonds is 3. The summed E-state index contributed by atoms with van der Waals surface area (Å²) in [5.74, 6) is 0. The monoisotopic (exact) mass is 533 g/mol. The van der Waals surface area contributed by atoms with Gasteiger partial charge in [-0.1, -0.05) is 103 Å². The van der Waals surface area contributed by atoms with Crippen molar-refractivity contribution in [2.75, 3.05) is 0 Å². The van der Waals surface area contributed by atoms with E-state index in [0.29, 0.717) is 0 Å². The SMILES string of the molecule is C[Si](C)(C)c1ccc2[cH-]c3c(C4=CC=CC4)cc([Si](C)(C)C)cc3c2c1.[Cl-].[Cl-].[Zr+3]. The topological polar surface area (TPSA) is 0 Å². The molecule has 0 N–H and O–H groups in total. The third-order valence-electron chi connectivity index (χ3n) is 5.67. The summed E-state index contributed by atoms with van der Waals surface area (Å²) in [6, 6.07) is 14.6. The molecule has 3 aromatic carbocycles. The normalized spacial score (nSPS) is 13.7. The van der Waals surface area contributed by atoms with E-state index < -0.39 is 16.1 Å². The van der Waals surface area contributed by atoms with Crippen molar-refractivity contribution in [1.82, 2.24) is 0 Å². The Morgan fingerprint density at radius 3 is 1.97 bits per heavy atom. The van der Waals surface area contributed by atoms with Crippen LogP contribution in [0, 0.1) is 0 Å². The molecular formula is C24H29Cl2Si2Zr. The molecule has 1 radical (unpaired) electrons. The summed E-state index contributed by atoms with van der Waals surface area (Å²) in [6.07, 6.45) is 7.84. The van der Waals surface area contributed by atoms with Gasteiger partial charge in [0.05, 0.1) is 16.1 Å². The van der Waals surface area contributed by atoms with Crippen LogP contribution in [-0.4, -0.2) is 16.1 Å². The van der Waals surface area contributed by atoms with Gasteiger partial charge in [-0.15, -0.1) is 33.7 Å². The Kier molecular flexibility index (Phi) is 8.70. The maximum Gasteiger partial charge on any atom is 3.00 e. The first-order chi connectivity index (χ1) is 12.1. The Balaban J connectivity index is 0.00000140. The molecule has 0 bridgehead atoms. The van der Waals surface area contributed by atoms with Gasteiger partial charge in [0.25, 0.3) is 0 Å². The van der Waals surface area contributed by atoms with Gasteiger partial charge < -0.3 is 24.8 Å². The molecule has 0 amide bonds. The van der Waals surface area contributed by atoms with E-state index >= 15 is 0 Å². The molecule has 0 saturated carbocycles. The van der Waals surface area contributed by atoms with Crippen molar-refractivity contribution in [2.45, 2.75) is 45.7 Å². The number of hydrogen-bond acceptors (Lipinski definition) is 0. The van der Waals surface area contributed by atoms with E-state index in [1.807, 2.05) is 0 Å². The Morgan fingerprint density at radius 2 is 1.41 bits per heavy atom. The maximum absolute atomic E-state index is 2.50. The molecule has 151 valence electrons. The van der Waals surface area contributed by atoms with E-state index in [1.165, 1.54) is 32.7 Å². The molecule has 5 heteroatoms. The predicted octanol–water partition coefficient (Wildman–Crippen LogP) is 0.151. The zero-order chi connectivity index (χ0) is 18.7. The summed E-state index contributed by atoms with van der Waals surface area (Å²) >= 11 is 0. The average Bonchev–Trinajstić information content (AvgIpc) is 3.19. The second kappa shape index (κ2) is 9.45. The standard InChI is InChI=1S/C24H29Si2.2ClH.Zr/c1-25(2,3)19-12-11-18-13-23-21(17-9-7-8-10-17)15-20(26(4,5)6)16-24(23)22(18)14-19;;;/h7-9,11-16H,10H2,1-6H3;2*1H;/q-1;;;+3/p-2. The molecular weight excluding hydrogens is 507 g/mol. The molecule has 0 fully saturated rings. The fourth-order valence-corrected chi connectivity index (χ4v) is 6.23. The quantitative estimate of drug-likeness (QED) is 0.331. The molecule has 0 spiro atoms. The average molecular weight is 536 g/mol. The molecule has 0 aromatic heterocycles. The van der Waals surface area contributed by atoms with Crippen molar-refractivity contribution >= 4 is 53.6 Å². The predicted molar refractivity (Wildman–Crippen MR) is 125 cm³/mol. The van der Waals surface area contributed by atoms with Gasteiger partial charge in [-0.2, -0.15) is 0 Å². The molecule has 1 aliphatic rings. The van der Waals surface area contributed by atoms with Crippen molar-refractivity contribution in [1.29, 1.82) is 0 Å². The minimum atomic E-state index is -1.38. The van der Waals surface area contributed by atoms with Crippen LogP contribution in [0.25, 0.3) is 27.1 Å². The molecule has 0 heterocycles. The van der Waals surface area contributed by atoms with Crippen LogP contribution < -0.4 is 35.2 Å². The first kappa shape index (κ1) is 26.7. The van der Waals surface area contributed by atoms with E-state index in [4.69, 9.17) is 0 Å². The Bertz CT molecular complexity index is 1080. The first-order valence-electron chi connectivity index (χ1n) is 9.69. The van der Waals surface area contributed by atoms with Crippen LogP contribution in [0.1, 0.15) is 12.0 Å².